The molecule has 0 saturated heterocycles. The summed E-state index contributed by atoms with van der Waals surface area (Å²) in [5.41, 5.74) is 23.3. The summed E-state index contributed by atoms with van der Waals surface area (Å²) in [6.45, 7) is 0. The van der Waals surface area contributed by atoms with E-state index in [1.807, 2.05) is 0 Å². The first-order valence-electron chi connectivity index (χ1n) is 25.9. The van der Waals surface area contributed by atoms with Crippen molar-refractivity contribution >= 4 is 38.9 Å². The second-order valence-electron chi connectivity index (χ2n) is 19.6. The third-order valence-corrected chi connectivity index (χ3v) is 15.5. The molecule has 0 unspecified atom stereocenters. The number of hydrogen-bond donors (Lipinski definition) is 0. The number of rotatable bonds is 10. The molecule has 0 amide bonds. The molecule has 0 N–H and O–H groups in total. The molecular weight excluding hydrogens is 905 g/mol. The van der Waals surface area contributed by atoms with Crippen LogP contribution in [-0.4, -0.2) is 4.57 Å². The highest BCUT2D eigenvalue weighted by molar-refractivity contribution is 6.10. The molecule has 12 aromatic carbocycles. The fourth-order valence-electron chi connectivity index (χ4n) is 12.1. The highest BCUT2D eigenvalue weighted by atomic mass is 15.1. The van der Waals surface area contributed by atoms with Crippen LogP contribution in [0.1, 0.15) is 22.3 Å². The summed E-state index contributed by atoms with van der Waals surface area (Å²) in [6, 6.07) is 111. The van der Waals surface area contributed by atoms with Crippen molar-refractivity contribution < 1.29 is 0 Å². The maximum Gasteiger partial charge on any atom is 0.0714 e. The molecule has 352 valence electrons. The Morgan fingerprint density at radius 1 is 0.253 bits per heavy atom. The van der Waals surface area contributed by atoms with Crippen molar-refractivity contribution in [2.75, 3.05) is 4.90 Å². The largest absolute Gasteiger partial charge is 0.310 e. The monoisotopic (exact) mass is 954 g/mol. The molecule has 1 aliphatic rings. The van der Waals surface area contributed by atoms with E-state index in [1.165, 1.54) is 94.1 Å². The number of fused-ring (bicyclic) bond motifs is 6. The summed E-state index contributed by atoms with van der Waals surface area (Å²) in [4.78, 5) is 2.43. The molecule has 14 rings (SSSR count). The molecule has 1 heterocycles. The van der Waals surface area contributed by atoms with Crippen molar-refractivity contribution in [3.63, 3.8) is 0 Å². The van der Waals surface area contributed by atoms with Gasteiger partial charge in [0.1, 0.15) is 0 Å². The fourth-order valence-corrected chi connectivity index (χ4v) is 12.1. The molecular formula is C73H50N2. The van der Waals surface area contributed by atoms with Crippen LogP contribution in [0.5, 0.6) is 0 Å². The Hall–Kier alpha value is -9.76. The minimum absolute atomic E-state index is 0.533. The van der Waals surface area contributed by atoms with Crippen LogP contribution < -0.4 is 4.90 Å². The third kappa shape index (κ3) is 7.33. The third-order valence-electron chi connectivity index (χ3n) is 15.5. The maximum atomic E-state index is 2.46. The first-order valence-corrected chi connectivity index (χ1v) is 25.9. The van der Waals surface area contributed by atoms with Gasteiger partial charge in [0, 0.05) is 33.4 Å². The Bertz CT molecular complexity index is 4100. The number of aromatic nitrogens is 1. The lowest BCUT2D eigenvalue weighted by atomic mass is 9.67. The first kappa shape index (κ1) is 44.0. The van der Waals surface area contributed by atoms with Crippen molar-refractivity contribution in [2.45, 2.75) is 5.41 Å². The highest BCUT2D eigenvalue weighted by Gasteiger charge is 2.46. The van der Waals surface area contributed by atoms with E-state index in [-0.39, 0.29) is 0 Å². The Morgan fingerprint density at radius 2 is 0.653 bits per heavy atom. The predicted octanol–water partition coefficient (Wildman–Crippen LogP) is 19.3. The zero-order chi connectivity index (χ0) is 49.7. The molecule has 0 bridgehead atoms. The van der Waals surface area contributed by atoms with Crippen LogP contribution in [-0.2, 0) is 5.41 Å². The predicted molar refractivity (Wildman–Crippen MR) is 315 cm³/mol. The average Bonchev–Trinajstić information content (AvgIpc) is 4.09. The van der Waals surface area contributed by atoms with Gasteiger partial charge in [0.15, 0.2) is 0 Å². The minimum atomic E-state index is -0.533. The van der Waals surface area contributed by atoms with Crippen molar-refractivity contribution in [3.05, 3.63) is 326 Å². The summed E-state index contributed by atoms with van der Waals surface area (Å²) >= 11 is 0. The molecule has 2 nitrogen and oxygen atoms in total. The quantitative estimate of drug-likeness (QED) is 0.133. The van der Waals surface area contributed by atoms with Crippen molar-refractivity contribution in [3.8, 4) is 61.3 Å². The minimum Gasteiger partial charge on any atom is -0.310 e. The van der Waals surface area contributed by atoms with Crippen molar-refractivity contribution in [1.82, 2.24) is 4.57 Å². The number of hydrogen-bond acceptors (Lipinski definition) is 1. The van der Waals surface area contributed by atoms with Gasteiger partial charge in [-0.1, -0.05) is 249 Å². The van der Waals surface area contributed by atoms with E-state index < -0.39 is 5.41 Å². The van der Waals surface area contributed by atoms with Crippen molar-refractivity contribution in [1.29, 1.82) is 0 Å². The lowest BCUT2D eigenvalue weighted by Crippen LogP contribution is -2.28. The van der Waals surface area contributed by atoms with Crippen LogP contribution in [0.2, 0.25) is 0 Å². The molecule has 0 aliphatic heterocycles. The second-order valence-corrected chi connectivity index (χ2v) is 19.6. The number of anilines is 3. The first-order chi connectivity index (χ1) is 37.2. The molecule has 0 spiro atoms. The zero-order valence-corrected chi connectivity index (χ0v) is 41.3. The summed E-state index contributed by atoms with van der Waals surface area (Å²) in [5, 5.41) is 2.50. The molecule has 2 heteroatoms. The normalized spacial score (nSPS) is 12.4. The van der Waals surface area contributed by atoms with E-state index in [1.54, 1.807) is 0 Å². The van der Waals surface area contributed by atoms with E-state index in [4.69, 9.17) is 0 Å². The molecule has 0 atom stereocenters. The van der Waals surface area contributed by atoms with Gasteiger partial charge in [-0.2, -0.15) is 0 Å². The van der Waals surface area contributed by atoms with E-state index in [0.29, 0.717) is 0 Å². The van der Waals surface area contributed by atoms with Gasteiger partial charge in [0.2, 0.25) is 0 Å². The van der Waals surface area contributed by atoms with E-state index >= 15 is 0 Å². The smallest absolute Gasteiger partial charge is 0.0714 e. The lowest BCUT2D eigenvalue weighted by Gasteiger charge is -2.35. The van der Waals surface area contributed by atoms with Crippen LogP contribution in [0.15, 0.2) is 303 Å². The van der Waals surface area contributed by atoms with Gasteiger partial charge in [-0.3, -0.25) is 0 Å². The SMILES string of the molecule is c1ccc(-c2ccc(-c3ccc(N(c4ccc(-c5ccccc5-c5ccccc5-n5c6ccccc6c6ccccc65)cc4)c4ccc5c(c4)C(c4ccccc4)(c4ccccc4)c4ccccc4-5)cc3)cc2)cc1. The van der Waals surface area contributed by atoms with Gasteiger partial charge in [-0.25, -0.2) is 0 Å². The zero-order valence-electron chi connectivity index (χ0n) is 41.3. The Balaban J connectivity index is 0.907. The van der Waals surface area contributed by atoms with E-state index in [2.05, 4.69) is 313 Å². The molecule has 0 radical (unpaired) electrons. The van der Waals surface area contributed by atoms with Gasteiger partial charge in [-0.05, 0) is 127 Å². The molecule has 1 aromatic heterocycles. The lowest BCUT2D eigenvalue weighted by molar-refractivity contribution is 0.768. The summed E-state index contributed by atoms with van der Waals surface area (Å²) in [7, 11) is 0. The van der Waals surface area contributed by atoms with Crippen LogP contribution in [0.3, 0.4) is 0 Å². The van der Waals surface area contributed by atoms with Gasteiger partial charge in [-0.15, -0.1) is 0 Å². The van der Waals surface area contributed by atoms with E-state index in [9.17, 15) is 0 Å². The van der Waals surface area contributed by atoms with Gasteiger partial charge in [0.05, 0.1) is 22.1 Å². The standard InChI is InChI=1S/C73H50N2/c1-4-20-51(21-5-1)52-36-38-53(39-37-52)54-40-44-58(45-41-54)74(60-48-49-64-63-28-12-16-32-68(63)73(69(64)50-60,56-22-6-2-7-23-56)57-24-8-3-9-25-57)59-46-42-55(43-47-59)61-26-10-11-27-62(61)65-29-13-17-33-70(65)75-71-34-18-14-30-66(71)67-31-15-19-35-72(67)75/h1-50H. The Labute approximate surface area is 438 Å². The molecule has 1 aliphatic carbocycles. The van der Waals surface area contributed by atoms with E-state index in [0.717, 1.165) is 28.3 Å². The van der Waals surface area contributed by atoms with Gasteiger partial charge in [0.25, 0.3) is 0 Å². The number of para-hydroxylation sites is 3. The van der Waals surface area contributed by atoms with Crippen LogP contribution in [0.4, 0.5) is 17.1 Å². The van der Waals surface area contributed by atoms with Crippen LogP contribution >= 0.6 is 0 Å². The number of nitrogens with zero attached hydrogens (tertiary/aromatic N) is 2. The van der Waals surface area contributed by atoms with Gasteiger partial charge >= 0.3 is 0 Å². The Morgan fingerprint density at radius 3 is 1.24 bits per heavy atom. The van der Waals surface area contributed by atoms with Crippen LogP contribution in [0.25, 0.3) is 83.1 Å². The van der Waals surface area contributed by atoms with Crippen LogP contribution in [0, 0.1) is 0 Å². The fraction of sp³-hybridized carbons (Fsp3) is 0.0137. The molecule has 13 aromatic rings. The number of benzene rings is 12. The highest BCUT2D eigenvalue weighted by Crippen LogP contribution is 2.57. The molecule has 0 fully saturated rings. The summed E-state index contributed by atoms with van der Waals surface area (Å²) in [5.74, 6) is 0. The summed E-state index contributed by atoms with van der Waals surface area (Å²) in [6.07, 6.45) is 0. The summed E-state index contributed by atoms with van der Waals surface area (Å²) < 4.78 is 2.43. The maximum absolute atomic E-state index is 2.46. The molecule has 0 saturated carbocycles. The van der Waals surface area contributed by atoms with Crippen molar-refractivity contribution in [2.24, 2.45) is 0 Å². The molecule has 75 heavy (non-hydrogen) atoms. The second kappa shape index (κ2) is 18.4. The average molecular weight is 955 g/mol. The Kier molecular flexibility index (Phi) is 10.8. The topological polar surface area (TPSA) is 8.17 Å². The van der Waals surface area contributed by atoms with Gasteiger partial charge < -0.3 is 9.47 Å².